The highest BCUT2D eigenvalue weighted by molar-refractivity contribution is 7.54. The molecule has 0 fully saturated rings. The number of benzene rings is 1. The number of pyridine rings is 1. The maximum absolute atomic E-state index is 13.4. The number of hydrogen-bond donors (Lipinski definition) is 1. The van der Waals surface area contributed by atoms with Gasteiger partial charge in [0.05, 0.1) is 32.2 Å². The molecule has 1 aromatic heterocycles. The number of ether oxygens (including phenoxy) is 1. The molecule has 1 heterocycles. The molecule has 1 N–H and O–H groups in total. The van der Waals surface area contributed by atoms with Crippen LogP contribution in [0.3, 0.4) is 0 Å². The second kappa shape index (κ2) is 9.12. The van der Waals surface area contributed by atoms with Gasteiger partial charge >= 0.3 is 7.60 Å². The van der Waals surface area contributed by atoms with Gasteiger partial charge in [0.15, 0.2) is 5.78 Å². The first-order chi connectivity index (χ1) is 12.4. The number of aryl methyl sites for hydroxylation is 1. The van der Waals surface area contributed by atoms with Crippen LogP contribution in [0.15, 0.2) is 36.5 Å². The molecule has 2 aromatic rings. The predicted octanol–water partition coefficient (Wildman–Crippen LogP) is 4.91. The van der Waals surface area contributed by atoms with Crippen molar-refractivity contribution >= 4 is 13.3 Å². The quantitative estimate of drug-likeness (QED) is 0.621. The lowest BCUT2D eigenvalue weighted by Gasteiger charge is -2.28. The first kappa shape index (κ1) is 20.4. The van der Waals surface area contributed by atoms with Crippen LogP contribution in [0.25, 0.3) is 0 Å². The standard InChI is InChI=1S/C18H24FN2O4P/c1-5-24-26(22,25-6-2)18(14-7-9-15(19)10-8-14)21-16-12-20-17(23-4)11-13(16)3/h7-12,18,21H,5-6H2,1-4H3. The zero-order valence-electron chi connectivity index (χ0n) is 15.4. The monoisotopic (exact) mass is 382 g/mol. The average Bonchev–Trinajstić information content (AvgIpc) is 2.62. The van der Waals surface area contributed by atoms with Crippen molar-refractivity contribution in [3.63, 3.8) is 0 Å². The molecule has 0 saturated heterocycles. The van der Waals surface area contributed by atoms with Crippen LogP contribution in [-0.4, -0.2) is 25.3 Å². The van der Waals surface area contributed by atoms with Gasteiger partial charge in [-0.25, -0.2) is 9.37 Å². The summed E-state index contributed by atoms with van der Waals surface area (Å²) in [4.78, 5) is 4.18. The van der Waals surface area contributed by atoms with Crippen molar-refractivity contribution < 1.29 is 22.7 Å². The van der Waals surface area contributed by atoms with Gasteiger partial charge in [-0.1, -0.05) is 12.1 Å². The Morgan fingerprint density at radius 2 is 1.81 bits per heavy atom. The van der Waals surface area contributed by atoms with Crippen molar-refractivity contribution in [2.45, 2.75) is 26.6 Å². The van der Waals surface area contributed by atoms with Gasteiger partial charge in [-0.15, -0.1) is 0 Å². The highest BCUT2D eigenvalue weighted by atomic mass is 31.2. The Labute approximate surface area is 153 Å². The van der Waals surface area contributed by atoms with Crippen LogP contribution in [0.1, 0.15) is 30.8 Å². The molecular formula is C18H24FN2O4P. The Morgan fingerprint density at radius 1 is 1.19 bits per heavy atom. The summed E-state index contributed by atoms with van der Waals surface area (Å²) in [6.07, 6.45) is 1.59. The van der Waals surface area contributed by atoms with Crippen molar-refractivity contribution in [2.75, 3.05) is 25.6 Å². The molecule has 1 aromatic carbocycles. The lowest BCUT2D eigenvalue weighted by Crippen LogP contribution is -2.16. The van der Waals surface area contributed by atoms with Crippen LogP contribution >= 0.6 is 7.60 Å². The third-order valence-corrected chi connectivity index (χ3v) is 6.00. The van der Waals surface area contributed by atoms with Gasteiger partial charge in [0.25, 0.3) is 0 Å². The Morgan fingerprint density at radius 3 is 2.31 bits per heavy atom. The van der Waals surface area contributed by atoms with Crippen LogP contribution in [0.5, 0.6) is 5.88 Å². The summed E-state index contributed by atoms with van der Waals surface area (Å²) in [5.41, 5.74) is 2.09. The average molecular weight is 382 g/mol. The van der Waals surface area contributed by atoms with Crippen LogP contribution < -0.4 is 10.1 Å². The van der Waals surface area contributed by atoms with Gasteiger partial charge < -0.3 is 19.1 Å². The summed E-state index contributed by atoms with van der Waals surface area (Å²) in [5.74, 6) is -0.710. The first-order valence-electron chi connectivity index (χ1n) is 8.35. The zero-order chi connectivity index (χ0) is 19.2. The third kappa shape index (κ3) is 4.81. The molecule has 1 unspecified atom stereocenters. The number of nitrogens with one attached hydrogen (secondary N) is 1. The molecule has 6 nitrogen and oxygen atoms in total. The molecule has 0 aliphatic rings. The van der Waals surface area contributed by atoms with E-state index in [1.807, 2.05) is 6.92 Å². The molecule has 142 valence electrons. The van der Waals surface area contributed by atoms with Crippen molar-refractivity contribution in [3.05, 3.63) is 53.5 Å². The fourth-order valence-corrected chi connectivity index (χ4v) is 4.40. The van der Waals surface area contributed by atoms with Crippen LogP contribution in [0, 0.1) is 12.7 Å². The second-order valence-electron chi connectivity index (χ2n) is 5.52. The van der Waals surface area contributed by atoms with E-state index in [2.05, 4.69) is 10.3 Å². The summed E-state index contributed by atoms with van der Waals surface area (Å²) in [6.45, 7) is 5.80. The number of halogens is 1. The predicted molar refractivity (Wildman–Crippen MR) is 99.1 cm³/mol. The molecule has 0 aliphatic heterocycles. The molecule has 0 saturated carbocycles. The topological polar surface area (TPSA) is 69.7 Å². The fourth-order valence-electron chi connectivity index (χ4n) is 2.48. The molecule has 0 bridgehead atoms. The van der Waals surface area contributed by atoms with E-state index in [4.69, 9.17) is 13.8 Å². The fraction of sp³-hybridized carbons (Fsp3) is 0.389. The summed E-state index contributed by atoms with van der Waals surface area (Å²) in [7, 11) is -2.03. The summed E-state index contributed by atoms with van der Waals surface area (Å²) < 4.78 is 42.9. The van der Waals surface area contributed by atoms with Crippen LogP contribution in [0.4, 0.5) is 10.1 Å². The molecule has 2 rings (SSSR count). The number of methoxy groups -OCH3 is 1. The van der Waals surface area contributed by atoms with E-state index in [-0.39, 0.29) is 19.0 Å². The number of rotatable bonds is 9. The first-order valence-corrected chi connectivity index (χ1v) is 9.96. The molecule has 26 heavy (non-hydrogen) atoms. The molecular weight excluding hydrogens is 358 g/mol. The van der Waals surface area contributed by atoms with E-state index in [9.17, 15) is 8.96 Å². The zero-order valence-corrected chi connectivity index (χ0v) is 16.3. The minimum absolute atomic E-state index is 0.219. The Kier molecular flexibility index (Phi) is 7.14. The van der Waals surface area contributed by atoms with Gasteiger partial charge in [0.2, 0.25) is 5.88 Å². The molecule has 0 aliphatic carbocycles. The SMILES string of the molecule is CCOP(=O)(OCC)C(Nc1cnc(OC)cc1C)c1ccc(F)cc1. The normalized spacial score (nSPS) is 12.7. The lowest BCUT2D eigenvalue weighted by molar-refractivity contribution is 0.214. The lowest BCUT2D eigenvalue weighted by atomic mass is 10.2. The smallest absolute Gasteiger partial charge is 0.357 e. The van der Waals surface area contributed by atoms with E-state index < -0.39 is 13.4 Å². The van der Waals surface area contributed by atoms with Gasteiger partial charge in [0, 0.05) is 6.07 Å². The number of anilines is 1. The largest absolute Gasteiger partial charge is 0.481 e. The van der Waals surface area contributed by atoms with Crippen LogP contribution in [-0.2, 0) is 13.6 Å². The third-order valence-electron chi connectivity index (χ3n) is 3.71. The highest BCUT2D eigenvalue weighted by Gasteiger charge is 2.37. The Balaban J connectivity index is 2.46. The van der Waals surface area contributed by atoms with Crippen molar-refractivity contribution in [3.8, 4) is 5.88 Å². The van der Waals surface area contributed by atoms with Gasteiger partial charge in [-0.05, 0) is 44.0 Å². The minimum atomic E-state index is -3.56. The van der Waals surface area contributed by atoms with E-state index in [0.29, 0.717) is 17.1 Å². The maximum atomic E-state index is 13.4. The summed E-state index contributed by atoms with van der Waals surface area (Å²) in [6, 6.07) is 7.50. The summed E-state index contributed by atoms with van der Waals surface area (Å²) in [5, 5.41) is 3.19. The molecule has 0 spiro atoms. The van der Waals surface area contributed by atoms with Crippen molar-refractivity contribution in [2.24, 2.45) is 0 Å². The van der Waals surface area contributed by atoms with Gasteiger partial charge in [-0.3, -0.25) is 4.57 Å². The van der Waals surface area contributed by atoms with E-state index in [1.54, 1.807) is 38.2 Å². The number of nitrogens with zero attached hydrogens (tertiary/aromatic N) is 1. The van der Waals surface area contributed by atoms with E-state index in [1.165, 1.54) is 19.2 Å². The highest BCUT2D eigenvalue weighted by Crippen LogP contribution is 2.60. The number of aromatic nitrogens is 1. The summed E-state index contributed by atoms with van der Waals surface area (Å²) >= 11 is 0. The van der Waals surface area contributed by atoms with Crippen molar-refractivity contribution in [1.82, 2.24) is 4.98 Å². The van der Waals surface area contributed by atoms with Crippen LogP contribution in [0.2, 0.25) is 0 Å². The molecule has 8 heteroatoms. The van der Waals surface area contributed by atoms with E-state index >= 15 is 0 Å². The maximum Gasteiger partial charge on any atom is 0.357 e. The molecule has 1 atom stereocenters. The van der Waals surface area contributed by atoms with Crippen molar-refractivity contribution in [1.29, 1.82) is 0 Å². The Hall–Kier alpha value is -1.95. The van der Waals surface area contributed by atoms with E-state index in [0.717, 1.165) is 5.56 Å². The Bertz CT molecular complexity index is 760. The molecule has 0 amide bonds. The number of hydrogen-bond acceptors (Lipinski definition) is 6. The van der Waals surface area contributed by atoms with Gasteiger partial charge in [-0.2, -0.15) is 0 Å². The second-order valence-corrected chi connectivity index (χ2v) is 7.63. The van der Waals surface area contributed by atoms with Gasteiger partial charge in [0.1, 0.15) is 5.82 Å². The molecule has 0 radical (unpaired) electrons. The minimum Gasteiger partial charge on any atom is -0.481 e.